The summed E-state index contributed by atoms with van der Waals surface area (Å²) in [6.07, 6.45) is 2.62. The summed E-state index contributed by atoms with van der Waals surface area (Å²) in [5.74, 6) is 1.00. The van der Waals surface area contributed by atoms with Gasteiger partial charge in [0.15, 0.2) is 0 Å². The van der Waals surface area contributed by atoms with E-state index in [1.165, 1.54) is 12.8 Å². The first-order valence-corrected chi connectivity index (χ1v) is 6.37. The third kappa shape index (κ3) is 3.67. The van der Waals surface area contributed by atoms with Gasteiger partial charge in [-0.1, -0.05) is 12.1 Å². The van der Waals surface area contributed by atoms with Gasteiger partial charge in [0.25, 0.3) is 0 Å². The van der Waals surface area contributed by atoms with Crippen molar-refractivity contribution in [2.24, 2.45) is 5.92 Å². The predicted octanol–water partition coefficient (Wildman–Crippen LogP) is 3.74. The molecule has 1 N–H and O–H groups in total. The molecule has 1 aliphatic rings. The van der Waals surface area contributed by atoms with E-state index in [9.17, 15) is 8.78 Å². The Bertz CT molecular complexity index is 376. The Kier molecular flexibility index (Phi) is 4.17. The first kappa shape index (κ1) is 13.3. The highest BCUT2D eigenvalue weighted by atomic mass is 19.3. The Labute approximate surface area is 106 Å². The fourth-order valence-corrected chi connectivity index (χ4v) is 2.16. The van der Waals surface area contributed by atoms with Crippen LogP contribution in [0.4, 0.5) is 8.78 Å². The number of hydrogen-bond donors (Lipinski definition) is 1. The van der Waals surface area contributed by atoms with E-state index in [4.69, 9.17) is 0 Å². The van der Waals surface area contributed by atoms with Gasteiger partial charge < -0.3 is 10.1 Å². The lowest BCUT2D eigenvalue weighted by Gasteiger charge is -2.20. The van der Waals surface area contributed by atoms with Crippen molar-refractivity contribution in [1.82, 2.24) is 5.32 Å². The predicted molar refractivity (Wildman–Crippen MR) is 66.8 cm³/mol. The molecule has 1 aromatic carbocycles. The normalized spacial score (nSPS) is 18.7. The summed E-state index contributed by atoms with van der Waals surface area (Å²) in [6, 6.07) is 7.56. The summed E-state index contributed by atoms with van der Waals surface area (Å²) in [6.45, 7) is 1.52. The standard InChI is InChI=1S/C14H19F2NO/c1-9(11-3-4-11)17-10(2)12-5-7-13(8-6-12)18-14(15)16/h5-11,14,17H,3-4H2,1-2H3. The van der Waals surface area contributed by atoms with Crippen LogP contribution < -0.4 is 10.1 Å². The molecule has 100 valence electrons. The quantitative estimate of drug-likeness (QED) is 0.836. The van der Waals surface area contributed by atoms with E-state index in [1.54, 1.807) is 12.1 Å². The first-order chi connectivity index (χ1) is 8.56. The van der Waals surface area contributed by atoms with E-state index in [0.29, 0.717) is 6.04 Å². The fraction of sp³-hybridized carbons (Fsp3) is 0.571. The highest BCUT2D eigenvalue weighted by molar-refractivity contribution is 5.29. The molecule has 2 atom stereocenters. The van der Waals surface area contributed by atoms with Crippen LogP contribution in [0.1, 0.15) is 38.3 Å². The van der Waals surface area contributed by atoms with E-state index >= 15 is 0 Å². The minimum atomic E-state index is -2.76. The second kappa shape index (κ2) is 5.65. The molecule has 0 heterocycles. The summed E-state index contributed by atoms with van der Waals surface area (Å²) < 4.78 is 28.4. The molecular weight excluding hydrogens is 236 g/mol. The van der Waals surface area contributed by atoms with Gasteiger partial charge >= 0.3 is 6.61 Å². The molecule has 1 aliphatic carbocycles. The van der Waals surface area contributed by atoms with Gasteiger partial charge in [-0.25, -0.2) is 0 Å². The highest BCUT2D eigenvalue weighted by Crippen LogP contribution is 2.33. The number of halogens is 2. The lowest BCUT2D eigenvalue weighted by Crippen LogP contribution is -2.30. The summed E-state index contributed by atoms with van der Waals surface area (Å²) in [4.78, 5) is 0. The average molecular weight is 255 g/mol. The van der Waals surface area contributed by atoms with Gasteiger partial charge in [0.1, 0.15) is 5.75 Å². The lowest BCUT2D eigenvalue weighted by molar-refractivity contribution is -0.0498. The van der Waals surface area contributed by atoms with Gasteiger partial charge in [-0.05, 0) is 50.3 Å². The maximum absolute atomic E-state index is 12.0. The summed E-state index contributed by atoms with van der Waals surface area (Å²) >= 11 is 0. The minimum Gasteiger partial charge on any atom is -0.435 e. The van der Waals surface area contributed by atoms with Crippen molar-refractivity contribution in [3.05, 3.63) is 29.8 Å². The van der Waals surface area contributed by atoms with Crippen LogP contribution in [-0.4, -0.2) is 12.7 Å². The van der Waals surface area contributed by atoms with Crippen molar-refractivity contribution in [2.45, 2.75) is 45.4 Å². The summed E-state index contributed by atoms with van der Waals surface area (Å²) in [5.41, 5.74) is 1.09. The van der Waals surface area contributed by atoms with Crippen LogP contribution in [0.5, 0.6) is 5.75 Å². The molecule has 0 aromatic heterocycles. The van der Waals surface area contributed by atoms with Crippen LogP contribution in [0.15, 0.2) is 24.3 Å². The van der Waals surface area contributed by atoms with Crippen LogP contribution in [0.25, 0.3) is 0 Å². The molecule has 0 aliphatic heterocycles. The molecule has 0 saturated heterocycles. The van der Waals surface area contributed by atoms with E-state index in [-0.39, 0.29) is 11.8 Å². The third-order valence-electron chi connectivity index (χ3n) is 3.45. The SMILES string of the molecule is CC(NC(C)C1CC1)c1ccc(OC(F)F)cc1. The Morgan fingerprint density at radius 2 is 1.78 bits per heavy atom. The topological polar surface area (TPSA) is 21.3 Å². The van der Waals surface area contributed by atoms with E-state index < -0.39 is 6.61 Å². The molecule has 18 heavy (non-hydrogen) atoms. The number of hydrogen-bond acceptors (Lipinski definition) is 2. The minimum absolute atomic E-state index is 0.205. The van der Waals surface area contributed by atoms with Gasteiger partial charge in [-0.3, -0.25) is 0 Å². The van der Waals surface area contributed by atoms with Crippen molar-refractivity contribution in [3.63, 3.8) is 0 Å². The number of benzene rings is 1. The van der Waals surface area contributed by atoms with E-state index in [1.807, 2.05) is 12.1 Å². The maximum atomic E-state index is 12.0. The van der Waals surface area contributed by atoms with Gasteiger partial charge in [0.05, 0.1) is 0 Å². The second-order valence-corrected chi connectivity index (χ2v) is 4.96. The maximum Gasteiger partial charge on any atom is 0.387 e. The zero-order valence-corrected chi connectivity index (χ0v) is 10.7. The van der Waals surface area contributed by atoms with Crippen LogP contribution in [0.2, 0.25) is 0 Å². The zero-order chi connectivity index (χ0) is 13.1. The Morgan fingerprint density at radius 3 is 2.28 bits per heavy atom. The third-order valence-corrected chi connectivity index (χ3v) is 3.45. The monoisotopic (exact) mass is 255 g/mol. The molecule has 0 amide bonds. The molecule has 2 nitrogen and oxygen atoms in total. The number of ether oxygens (including phenoxy) is 1. The molecule has 2 unspecified atom stereocenters. The molecule has 1 fully saturated rings. The van der Waals surface area contributed by atoms with Crippen LogP contribution in [0.3, 0.4) is 0 Å². The number of rotatable bonds is 6. The molecule has 2 rings (SSSR count). The first-order valence-electron chi connectivity index (χ1n) is 6.37. The lowest BCUT2D eigenvalue weighted by atomic mass is 10.1. The molecular formula is C14H19F2NO. The van der Waals surface area contributed by atoms with Crippen molar-refractivity contribution < 1.29 is 13.5 Å². The highest BCUT2D eigenvalue weighted by Gasteiger charge is 2.28. The zero-order valence-electron chi connectivity index (χ0n) is 10.7. The molecule has 0 bridgehead atoms. The second-order valence-electron chi connectivity index (χ2n) is 4.96. The molecule has 1 aromatic rings. The van der Waals surface area contributed by atoms with Gasteiger partial charge in [0.2, 0.25) is 0 Å². The van der Waals surface area contributed by atoms with Crippen molar-refractivity contribution in [2.75, 3.05) is 0 Å². The number of alkyl halides is 2. The summed E-state index contributed by atoms with van der Waals surface area (Å²) in [7, 11) is 0. The van der Waals surface area contributed by atoms with Gasteiger partial charge in [-0.2, -0.15) is 8.78 Å². The summed E-state index contributed by atoms with van der Waals surface area (Å²) in [5, 5.41) is 3.53. The van der Waals surface area contributed by atoms with Crippen LogP contribution in [-0.2, 0) is 0 Å². The smallest absolute Gasteiger partial charge is 0.387 e. The van der Waals surface area contributed by atoms with Crippen LogP contribution in [0, 0.1) is 5.92 Å². The van der Waals surface area contributed by atoms with Gasteiger partial charge in [-0.15, -0.1) is 0 Å². The average Bonchev–Trinajstić information content (AvgIpc) is 3.12. The van der Waals surface area contributed by atoms with E-state index in [2.05, 4.69) is 23.9 Å². The molecule has 4 heteroatoms. The Morgan fingerprint density at radius 1 is 1.17 bits per heavy atom. The molecule has 0 spiro atoms. The van der Waals surface area contributed by atoms with Crippen molar-refractivity contribution in [3.8, 4) is 5.75 Å². The van der Waals surface area contributed by atoms with Crippen LogP contribution >= 0.6 is 0 Å². The molecule has 1 saturated carbocycles. The Hall–Kier alpha value is -1.16. The number of nitrogens with one attached hydrogen (secondary N) is 1. The molecule has 0 radical (unpaired) electrons. The van der Waals surface area contributed by atoms with Gasteiger partial charge in [0, 0.05) is 12.1 Å². The van der Waals surface area contributed by atoms with E-state index in [0.717, 1.165) is 11.5 Å². The van der Waals surface area contributed by atoms with Crippen molar-refractivity contribution >= 4 is 0 Å². The largest absolute Gasteiger partial charge is 0.435 e. The van der Waals surface area contributed by atoms with Crippen molar-refractivity contribution in [1.29, 1.82) is 0 Å². The Balaban J connectivity index is 1.91. The fourth-order valence-electron chi connectivity index (χ4n) is 2.16.